The van der Waals surface area contributed by atoms with Crippen LogP contribution in [0.2, 0.25) is 0 Å². The number of aliphatic hydroxyl groups excluding tert-OH is 1. The first-order chi connectivity index (χ1) is 15.4. The predicted molar refractivity (Wildman–Crippen MR) is 136 cm³/mol. The summed E-state index contributed by atoms with van der Waals surface area (Å²) in [6, 6.07) is 0.600. The zero-order valence-electron chi connectivity index (χ0n) is 22.6. The largest absolute Gasteiger partial charge is 0.391 e. The third-order valence-electron chi connectivity index (χ3n) is 11.5. The Bertz CT molecular complexity index is 774. The van der Waals surface area contributed by atoms with E-state index >= 15 is 0 Å². The lowest BCUT2D eigenvalue weighted by atomic mass is 9.44. The molecule has 0 aromatic rings. The summed E-state index contributed by atoms with van der Waals surface area (Å²) in [6.07, 6.45) is 11.2. The number of amides is 1. The quantitative estimate of drug-likeness (QED) is 0.577. The van der Waals surface area contributed by atoms with Crippen molar-refractivity contribution in [2.45, 2.75) is 104 Å². The van der Waals surface area contributed by atoms with E-state index in [1.54, 1.807) is 6.08 Å². The van der Waals surface area contributed by atoms with Crippen molar-refractivity contribution >= 4 is 5.91 Å². The van der Waals surface area contributed by atoms with Gasteiger partial charge in [-0.3, -0.25) is 4.79 Å². The summed E-state index contributed by atoms with van der Waals surface area (Å²) in [7, 11) is 6.39. The van der Waals surface area contributed by atoms with Crippen LogP contribution in [0, 0.1) is 40.4 Å². The van der Waals surface area contributed by atoms with E-state index in [0.717, 1.165) is 48.5 Å². The number of hydrogen-bond acceptors (Lipinski definition) is 3. The van der Waals surface area contributed by atoms with Gasteiger partial charge in [-0.25, -0.2) is 0 Å². The van der Waals surface area contributed by atoms with Crippen molar-refractivity contribution in [3.05, 3.63) is 11.6 Å². The molecular formula is C29H50N2O2. The molecule has 0 aromatic carbocycles. The SMILES string of the molecule is CC(C)=CC(=O)N(C)[C@@H]1CC[C@@]2(C)[C@@H](CC[C@@H]3[C@@H]2CC[C@]2(C)[C@@H]([C@H](C)N(C)C)CC[C@@H]32)[C@H]1O. The van der Waals surface area contributed by atoms with Crippen LogP contribution in [0.4, 0.5) is 0 Å². The second kappa shape index (κ2) is 8.97. The maximum absolute atomic E-state index is 12.7. The van der Waals surface area contributed by atoms with Gasteiger partial charge in [0, 0.05) is 19.2 Å². The molecule has 0 bridgehead atoms. The van der Waals surface area contributed by atoms with Gasteiger partial charge >= 0.3 is 0 Å². The van der Waals surface area contributed by atoms with Gasteiger partial charge in [-0.05, 0) is 127 Å². The zero-order valence-corrected chi connectivity index (χ0v) is 22.6. The molecule has 1 amide bonds. The van der Waals surface area contributed by atoms with Crippen molar-refractivity contribution in [1.82, 2.24) is 9.80 Å². The number of rotatable bonds is 4. The molecule has 1 N–H and O–H groups in total. The molecule has 0 radical (unpaired) electrons. The fraction of sp³-hybridized carbons (Fsp3) is 0.897. The van der Waals surface area contributed by atoms with Gasteiger partial charge in [-0.1, -0.05) is 19.4 Å². The van der Waals surface area contributed by atoms with E-state index in [1.807, 2.05) is 25.8 Å². The minimum absolute atomic E-state index is 0.0387. The highest BCUT2D eigenvalue weighted by molar-refractivity contribution is 5.88. The third kappa shape index (κ3) is 4.01. The summed E-state index contributed by atoms with van der Waals surface area (Å²) in [5.74, 6) is 3.56. The number of nitrogens with zero attached hydrogens (tertiary/aromatic N) is 2. The van der Waals surface area contributed by atoms with Crippen molar-refractivity contribution in [3.8, 4) is 0 Å². The van der Waals surface area contributed by atoms with Crippen LogP contribution in [0.15, 0.2) is 11.6 Å². The first-order valence-electron chi connectivity index (χ1n) is 13.7. The van der Waals surface area contributed by atoms with Crippen molar-refractivity contribution in [2.75, 3.05) is 21.1 Å². The number of carbonyl (C=O) groups excluding carboxylic acids is 1. The molecule has 10 atom stereocenters. The number of allylic oxidation sites excluding steroid dienone is 1. The molecule has 4 fully saturated rings. The second-order valence-electron chi connectivity index (χ2n) is 13.3. The summed E-state index contributed by atoms with van der Waals surface area (Å²) in [4.78, 5) is 17.0. The van der Waals surface area contributed by atoms with Gasteiger partial charge in [-0.15, -0.1) is 0 Å². The van der Waals surface area contributed by atoms with Crippen molar-refractivity contribution < 1.29 is 9.90 Å². The van der Waals surface area contributed by atoms with Crippen LogP contribution in [0.1, 0.15) is 86.0 Å². The summed E-state index contributed by atoms with van der Waals surface area (Å²) >= 11 is 0. The van der Waals surface area contributed by atoms with E-state index in [4.69, 9.17) is 0 Å². The highest BCUT2D eigenvalue weighted by Gasteiger charge is 2.62. The molecule has 0 aliphatic heterocycles. The van der Waals surface area contributed by atoms with Crippen LogP contribution < -0.4 is 0 Å². The average Bonchev–Trinajstić information content (AvgIpc) is 3.09. The molecule has 0 unspecified atom stereocenters. The number of carbonyl (C=O) groups is 1. The van der Waals surface area contributed by atoms with Crippen LogP contribution >= 0.6 is 0 Å². The topological polar surface area (TPSA) is 43.8 Å². The predicted octanol–water partition coefficient (Wildman–Crippen LogP) is 5.36. The van der Waals surface area contributed by atoms with Crippen molar-refractivity contribution in [2.24, 2.45) is 40.4 Å². The molecule has 33 heavy (non-hydrogen) atoms. The normalized spacial score (nSPS) is 45.6. The maximum Gasteiger partial charge on any atom is 0.246 e. The number of likely N-dealkylation sites (N-methyl/N-ethyl adjacent to an activating group) is 1. The summed E-state index contributed by atoms with van der Waals surface area (Å²) in [5, 5.41) is 11.6. The smallest absolute Gasteiger partial charge is 0.246 e. The molecule has 4 aliphatic rings. The Labute approximate surface area is 203 Å². The van der Waals surface area contributed by atoms with E-state index in [-0.39, 0.29) is 17.4 Å². The lowest BCUT2D eigenvalue weighted by molar-refractivity contribution is -0.167. The van der Waals surface area contributed by atoms with E-state index in [0.29, 0.717) is 17.4 Å². The minimum atomic E-state index is -0.400. The molecule has 0 heterocycles. The van der Waals surface area contributed by atoms with Gasteiger partial charge in [0.2, 0.25) is 5.91 Å². The molecule has 4 heteroatoms. The zero-order chi connectivity index (χ0) is 24.3. The average molecular weight is 459 g/mol. The van der Waals surface area contributed by atoms with E-state index < -0.39 is 6.10 Å². The summed E-state index contributed by atoms with van der Waals surface area (Å²) < 4.78 is 0. The van der Waals surface area contributed by atoms with E-state index in [9.17, 15) is 9.90 Å². The molecule has 0 aromatic heterocycles. The number of hydrogen-bond donors (Lipinski definition) is 1. The Hall–Kier alpha value is -0.870. The standard InChI is InChI=1S/C29H50N2O2/c1-18(2)17-26(32)31(8)25-14-16-29(5)23-13-15-28(4)21(19(3)30(6)7)11-12-22(28)20(23)9-10-24(29)27(25)33/h17,19-25,27,33H,9-16H2,1-8H3/t19-,20-,21+,22-,23-,24-,25+,27+,28+,29+/m0/s1. The number of aliphatic hydroxyl groups is 1. The second-order valence-corrected chi connectivity index (χ2v) is 13.3. The molecular weight excluding hydrogens is 408 g/mol. The van der Waals surface area contributed by atoms with E-state index in [2.05, 4.69) is 39.8 Å². The van der Waals surface area contributed by atoms with Crippen LogP contribution in [0.3, 0.4) is 0 Å². The summed E-state index contributed by atoms with van der Waals surface area (Å²) in [5.41, 5.74) is 1.71. The lowest BCUT2D eigenvalue weighted by Gasteiger charge is -2.62. The van der Waals surface area contributed by atoms with Gasteiger partial charge in [0.05, 0.1) is 12.1 Å². The Morgan fingerprint density at radius 3 is 2.15 bits per heavy atom. The Kier molecular flexibility index (Phi) is 6.86. The fourth-order valence-electron chi connectivity index (χ4n) is 9.44. The molecule has 0 saturated heterocycles. The van der Waals surface area contributed by atoms with Crippen LogP contribution in [0.25, 0.3) is 0 Å². The molecule has 4 rings (SSSR count). The van der Waals surface area contributed by atoms with Crippen LogP contribution in [0.5, 0.6) is 0 Å². The maximum atomic E-state index is 12.7. The third-order valence-corrected chi connectivity index (χ3v) is 11.5. The molecule has 0 spiro atoms. The Morgan fingerprint density at radius 2 is 1.52 bits per heavy atom. The highest BCUT2D eigenvalue weighted by atomic mass is 16.3. The van der Waals surface area contributed by atoms with Crippen molar-refractivity contribution in [1.29, 1.82) is 0 Å². The van der Waals surface area contributed by atoms with E-state index in [1.165, 1.54) is 32.1 Å². The fourth-order valence-corrected chi connectivity index (χ4v) is 9.44. The molecule has 4 aliphatic carbocycles. The van der Waals surface area contributed by atoms with Gasteiger partial charge in [0.1, 0.15) is 0 Å². The molecule has 4 saturated carbocycles. The van der Waals surface area contributed by atoms with Gasteiger partial charge in [-0.2, -0.15) is 0 Å². The van der Waals surface area contributed by atoms with Gasteiger partial charge in [0.15, 0.2) is 0 Å². The first-order valence-corrected chi connectivity index (χ1v) is 13.7. The highest BCUT2D eigenvalue weighted by Crippen LogP contribution is 2.68. The van der Waals surface area contributed by atoms with Crippen molar-refractivity contribution in [3.63, 3.8) is 0 Å². The Morgan fingerprint density at radius 1 is 0.909 bits per heavy atom. The lowest BCUT2D eigenvalue weighted by Crippen LogP contribution is -2.61. The Balaban J connectivity index is 1.53. The minimum Gasteiger partial charge on any atom is -0.391 e. The molecule has 188 valence electrons. The number of fused-ring (bicyclic) bond motifs is 5. The van der Waals surface area contributed by atoms with Crippen LogP contribution in [-0.2, 0) is 4.79 Å². The first kappa shape index (κ1) is 25.2. The van der Waals surface area contributed by atoms with Gasteiger partial charge in [0.25, 0.3) is 0 Å². The summed E-state index contributed by atoms with van der Waals surface area (Å²) in [6.45, 7) is 11.5. The van der Waals surface area contributed by atoms with Crippen LogP contribution in [-0.4, -0.2) is 60.1 Å². The monoisotopic (exact) mass is 458 g/mol. The van der Waals surface area contributed by atoms with Gasteiger partial charge < -0.3 is 14.9 Å². The molecule has 4 nitrogen and oxygen atoms in total.